The minimum atomic E-state index is -0.989. The number of nitrogens with two attached hydrogens (primary N) is 2. The molecule has 1 atom stereocenters. The largest absolute Gasteiger partial charge is 0.480 e. The monoisotopic (exact) mass is 221 g/mol. The first kappa shape index (κ1) is 12.2. The molecule has 0 aliphatic carbocycles. The molecule has 0 aliphatic rings. The molecule has 86 valence electrons. The zero-order valence-electron chi connectivity index (χ0n) is 8.84. The van der Waals surface area contributed by atoms with Crippen LogP contribution in [0.3, 0.4) is 0 Å². The summed E-state index contributed by atoms with van der Waals surface area (Å²) in [6, 6.07) is 6.62. The molecular weight excluding hydrogens is 206 g/mol. The van der Waals surface area contributed by atoms with Crippen LogP contribution in [-0.2, 0) is 17.8 Å². The van der Waals surface area contributed by atoms with Crippen molar-refractivity contribution in [3.05, 3.63) is 35.4 Å². The van der Waals surface area contributed by atoms with Crippen LogP contribution in [0.2, 0.25) is 0 Å². The SMILES string of the molecule is NC=NCc1ccc(CC(N)C(=O)O)cc1. The molecule has 0 radical (unpaired) electrons. The van der Waals surface area contributed by atoms with Crippen molar-refractivity contribution in [1.82, 2.24) is 0 Å². The molecule has 0 saturated heterocycles. The smallest absolute Gasteiger partial charge is 0.320 e. The highest BCUT2D eigenvalue weighted by Gasteiger charge is 2.11. The Hall–Kier alpha value is -1.88. The van der Waals surface area contributed by atoms with Crippen molar-refractivity contribution in [2.45, 2.75) is 19.0 Å². The van der Waals surface area contributed by atoms with Crippen molar-refractivity contribution < 1.29 is 9.90 Å². The molecule has 0 bridgehead atoms. The van der Waals surface area contributed by atoms with E-state index in [2.05, 4.69) is 4.99 Å². The molecule has 1 rings (SSSR count). The lowest BCUT2D eigenvalue weighted by Crippen LogP contribution is -2.32. The molecule has 0 amide bonds. The Labute approximate surface area is 93.8 Å². The van der Waals surface area contributed by atoms with Crippen LogP contribution in [0.25, 0.3) is 0 Å². The summed E-state index contributed by atoms with van der Waals surface area (Å²) >= 11 is 0. The van der Waals surface area contributed by atoms with Gasteiger partial charge in [-0.2, -0.15) is 0 Å². The Bertz CT molecular complexity index is 373. The van der Waals surface area contributed by atoms with E-state index in [-0.39, 0.29) is 0 Å². The second kappa shape index (κ2) is 5.87. The van der Waals surface area contributed by atoms with Crippen LogP contribution in [0, 0.1) is 0 Å². The Morgan fingerprint density at radius 1 is 1.38 bits per heavy atom. The van der Waals surface area contributed by atoms with Gasteiger partial charge in [0.05, 0.1) is 12.9 Å². The fraction of sp³-hybridized carbons (Fsp3) is 0.273. The van der Waals surface area contributed by atoms with Crippen molar-refractivity contribution in [3.8, 4) is 0 Å². The quantitative estimate of drug-likeness (QED) is 0.485. The van der Waals surface area contributed by atoms with Gasteiger partial charge in [-0.05, 0) is 17.5 Å². The second-order valence-corrected chi connectivity index (χ2v) is 3.46. The minimum Gasteiger partial charge on any atom is -0.480 e. The maximum atomic E-state index is 10.6. The van der Waals surface area contributed by atoms with Crippen LogP contribution in [0.1, 0.15) is 11.1 Å². The average Bonchev–Trinajstić information content (AvgIpc) is 2.28. The number of nitrogens with zero attached hydrogens (tertiary/aromatic N) is 1. The van der Waals surface area contributed by atoms with E-state index in [4.69, 9.17) is 16.6 Å². The lowest BCUT2D eigenvalue weighted by molar-refractivity contribution is -0.138. The maximum absolute atomic E-state index is 10.6. The maximum Gasteiger partial charge on any atom is 0.320 e. The molecule has 0 aromatic heterocycles. The van der Waals surface area contributed by atoms with E-state index in [1.165, 1.54) is 6.34 Å². The Morgan fingerprint density at radius 3 is 2.44 bits per heavy atom. The summed E-state index contributed by atoms with van der Waals surface area (Å²) < 4.78 is 0. The van der Waals surface area contributed by atoms with Gasteiger partial charge in [-0.3, -0.25) is 9.79 Å². The highest BCUT2D eigenvalue weighted by molar-refractivity contribution is 5.73. The molecule has 1 unspecified atom stereocenters. The zero-order chi connectivity index (χ0) is 12.0. The first-order valence-electron chi connectivity index (χ1n) is 4.89. The number of aliphatic carboxylic acids is 1. The third-order valence-electron chi connectivity index (χ3n) is 2.18. The number of aliphatic imine (C=N–C) groups is 1. The van der Waals surface area contributed by atoms with Gasteiger partial charge in [0, 0.05) is 0 Å². The minimum absolute atomic E-state index is 0.329. The molecule has 5 N–H and O–H groups in total. The topological polar surface area (TPSA) is 102 Å². The number of carbonyl (C=O) groups is 1. The highest BCUT2D eigenvalue weighted by Crippen LogP contribution is 2.07. The van der Waals surface area contributed by atoms with Crippen LogP contribution in [0.4, 0.5) is 0 Å². The fourth-order valence-electron chi connectivity index (χ4n) is 1.28. The fourth-order valence-corrected chi connectivity index (χ4v) is 1.28. The Morgan fingerprint density at radius 2 is 1.94 bits per heavy atom. The van der Waals surface area contributed by atoms with Gasteiger partial charge in [0.2, 0.25) is 0 Å². The average molecular weight is 221 g/mol. The predicted octanol–water partition coefficient (Wildman–Crippen LogP) is 0.128. The number of hydrogen-bond acceptors (Lipinski definition) is 3. The van der Waals surface area contributed by atoms with Gasteiger partial charge in [0.25, 0.3) is 0 Å². The number of carboxylic acid groups (broad SMARTS) is 1. The lowest BCUT2D eigenvalue weighted by atomic mass is 10.0. The molecule has 0 aliphatic heterocycles. The summed E-state index contributed by atoms with van der Waals surface area (Å²) in [5, 5.41) is 8.66. The molecule has 0 spiro atoms. The zero-order valence-corrected chi connectivity index (χ0v) is 8.84. The van der Waals surface area contributed by atoms with E-state index in [0.717, 1.165) is 11.1 Å². The van der Waals surface area contributed by atoms with Crippen molar-refractivity contribution in [2.75, 3.05) is 0 Å². The Balaban J connectivity index is 2.60. The molecule has 16 heavy (non-hydrogen) atoms. The van der Waals surface area contributed by atoms with E-state index < -0.39 is 12.0 Å². The van der Waals surface area contributed by atoms with Crippen molar-refractivity contribution in [3.63, 3.8) is 0 Å². The molecule has 5 heteroatoms. The predicted molar refractivity (Wildman–Crippen MR) is 62.1 cm³/mol. The summed E-state index contributed by atoms with van der Waals surface area (Å²) in [7, 11) is 0. The van der Waals surface area contributed by atoms with Crippen LogP contribution in [0.5, 0.6) is 0 Å². The molecule has 1 aromatic rings. The van der Waals surface area contributed by atoms with Gasteiger partial charge in [-0.25, -0.2) is 0 Å². The summed E-state index contributed by atoms with van der Waals surface area (Å²) in [6.45, 7) is 0.530. The van der Waals surface area contributed by atoms with Crippen LogP contribution >= 0.6 is 0 Å². The summed E-state index contributed by atoms with van der Waals surface area (Å²) in [6.07, 6.45) is 1.59. The normalized spacial score (nSPS) is 12.8. The number of hydrogen-bond donors (Lipinski definition) is 3. The molecular formula is C11H15N3O2. The first-order chi connectivity index (χ1) is 7.63. The molecule has 1 aromatic carbocycles. The van der Waals surface area contributed by atoms with Crippen LogP contribution < -0.4 is 11.5 Å². The van der Waals surface area contributed by atoms with Crippen LogP contribution in [-0.4, -0.2) is 23.5 Å². The van der Waals surface area contributed by atoms with E-state index in [9.17, 15) is 4.79 Å². The van der Waals surface area contributed by atoms with Gasteiger partial charge < -0.3 is 16.6 Å². The summed E-state index contributed by atoms with van der Waals surface area (Å²) in [4.78, 5) is 14.4. The van der Waals surface area contributed by atoms with Gasteiger partial charge in [0.1, 0.15) is 6.04 Å². The molecule has 0 heterocycles. The Kier molecular flexibility index (Phi) is 4.47. The summed E-state index contributed by atoms with van der Waals surface area (Å²) in [5.74, 6) is -0.989. The molecule has 0 saturated carbocycles. The van der Waals surface area contributed by atoms with E-state index in [1.807, 2.05) is 24.3 Å². The molecule has 0 fully saturated rings. The van der Waals surface area contributed by atoms with E-state index in [0.29, 0.717) is 13.0 Å². The number of rotatable bonds is 5. The van der Waals surface area contributed by atoms with Gasteiger partial charge >= 0.3 is 5.97 Å². The third kappa shape index (κ3) is 3.70. The standard InChI is InChI=1S/C11H15N3O2/c12-7-14-6-9-3-1-8(2-4-9)5-10(13)11(15)16/h1-4,7,10H,5-6,13H2,(H2,12,14)(H,15,16). The first-order valence-corrected chi connectivity index (χ1v) is 4.89. The van der Waals surface area contributed by atoms with Crippen LogP contribution in [0.15, 0.2) is 29.3 Å². The number of benzene rings is 1. The second-order valence-electron chi connectivity index (χ2n) is 3.46. The van der Waals surface area contributed by atoms with E-state index >= 15 is 0 Å². The number of carboxylic acids is 1. The van der Waals surface area contributed by atoms with Crippen molar-refractivity contribution in [2.24, 2.45) is 16.5 Å². The molecule has 5 nitrogen and oxygen atoms in total. The van der Waals surface area contributed by atoms with E-state index in [1.54, 1.807) is 0 Å². The summed E-state index contributed by atoms with van der Waals surface area (Å²) in [5.41, 5.74) is 12.5. The van der Waals surface area contributed by atoms with Crippen molar-refractivity contribution in [1.29, 1.82) is 0 Å². The van der Waals surface area contributed by atoms with Gasteiger partial charge in [-0.15, -0.1) is 0 Å². The van der Waals surface area contributed by atoms with Crippen molar-refractivity contribution >= 4 is 12.3 Å². The third-order valence-corrected chi connectivity index (χ3v) is 2.18. The lowest BCUT2D eigenvalue weighted by Gasteiger charge is -2.06. The highest BCUT2D eigenvalue weighted by atomic mass is 16.4. The van der Waals surface area contributed by atoms with Gasteiger partial charge in [0.15, 0.2) is 0 Å². The van der Waals surface area contributed by atoms with Gasteiger partial charge in [-0.1, -0.05) is 24.3 Å².